The number of carbonyl (C=O) groups excluding carboxylic acids is 5. The van der Waals surface area contributed by atoms with Gasteiger partial charge in [-0.05, 0) is 51.3 Å². The zero-order valence-corrected chi connectivity index (χ0v) is 27.2. The number of alkyl carbamates (subject to hydrolysis) is 1. The molecule has 242 valence electrons. The van der Waals surface area contributed by atoms with Gasteiger partial charge in [-0.25, -0.2) is 14.6 Å². The molecule has 0 aliphatic heterocycles. The fourth-order valence-corrected chi connectivity index (χ4v) is 4.75. The van der Waals surface area contributed by atoms with Crippen molar-refractivity contribution in [2.75, 3.05) is 23.7 Å². The number of primary amides is 1. The number of amides is 5. The lowest BCUT2D eigenvalue weighted by Gasteiger charge is -2.42. The molecule has 2 aromatic rings. The number of rotatable bonds is 12. The smallest absolute Gasteiger partial charge is 0.387 e. The molecule has 0 fully saturated rings. The Morgan fingerprint density at radius 3 is 2.00 bits per heavy atom. The van der Waals surface area contributed by atoms with Crippen LogP contribution in [0, 0.1) is 5.41 Å². The highest BCUT2D eigenvalue weighted by Gasteiger charge is 2.50. The van der Waals surface area contributed by atoms with Crippen molar-refractivity contribution < 1.29 is 33.4 Å². The van der Waals surface area contributed by atoms with E-state index in [-0.39, 0.29) is 30.8 Å². The van der Waals surface area contributed by atoms with Crippen molar-refractivity contribution in [3.05, 3.63) is 40.4 Å². The van der Waals surface area contributed by atoms with Gasteiger partial charge in [-0.15, -0.1) is 0 Å². The minimum absolute atomic E-state index is 0.199. The number of carbonyl (C=O) groups is 5. The number of nitrogens with one attached hydrogen (secondary N) is 5. The standard InChI is InChI=1S/C29H43N7O7S/c1-17(37)31-15-16-32-23(39)22-21(34-25(44-22)33-18(2)38)14-11-19-9-12-20(13-10-19)35-29(27(3,4)5,42-24(30)40)43-26(41)36-28(6,7)8/h9-10,12-13,35H,11,14-16H2,1-8H3,(H2,30,40)(H,31,37)(H,32,39)(H,36,41)(H,33,34,38). The van der Waals surface area contributed by atoms with Crippen LogP contribution in [0.25, 0.3) is 0 Å². The summed E-state index contributed by atoms with van der Waals surface area (Å²) in [4.78, 5) is 64.9. The average molecular weight is 634 g/mol. The van der Waals surface area contributed by atoms with E-state index in [1.54, 1.807) is 53.7 Å². The van der Waals surface area contributed by atoms with E-state index < -0.39 is 29.1 Å². The van der Waals surface area contributed by atoms with Gasteiger partial charge in [0.05, 0.1) is 11.1 Å². The number of thiazole rings is 1. The number of aryl methyl sites for hydroxylation is 2. The van der Waals surface area contributed by atoms with Gasteiger partial charge in [-0.3, -0.25) is 14.4 Å². The summed E-state index contributed by atoms with van der Waals surface area (Å²) in [7, 11) is 0. The molecule has 14 nitrogen and oxygen atoms in total. The molecule has 0 saturated carbocycles. The summed E-state index contributed by atoms with van der Waals surface area (Å²) in [6, 6.07) is 7.10. The Kier molecular flexibility index (Phi) is 12.1. The molecule has 0 bridgehead atoms. The number of nitrogens with zero attached hydrogens (tertiary/aromatic N) is 1. The van der Waals surface area contributed by atoms with Gasteiger partial charge in [0.1, 0.15) is 4.88 Å². The first-order chi connectivity index (χ1) is 20.3. The van der Waals surface area contributed by atoms with Crippen LogP contribution in [0.1, 0.15) is 76.3 Å². The number of ether oxygens (including phenoxy) is 2. The fraction of sp³-hybridized carbons (Fsp3) is 0.517. The highest BCUT2D eigenvalue weighted by atomic mass is 32.1. The first-order valence-corrected chi connectivity index (χ1v) is 14.8. The highest BCUT2D eigenvalue weighted by Crippen LogP contribution is 2.37. The molecular formula is C29H43N7O7S. The predicted molar refractivity (Wildman–Crippen MR) is 167 cm³/mol. The molecule has 0 aliphatic rings. The van der Waals surface area contributed by atoms with Crippen LogP contribution < -0.4 is 32.3 Å². The lowest BCUT2D eigenvalue weighted by molar-refractivity contribution is -0.202. The third-order valence-electron chi connectivity index (χ3n) is 5.83. The Bertz CT molecular complexity index is 1350. The second-order valence-electron chi connectivity index (χ2n) is 12.1. The highest BCUT2D eigenvalue weighted by molar-refractivity contribution is 7.17. The lowest BCUT2D eigenvalue weighted by atomic mass is 9.90. The van der Waals surface area contributed by atoms with Crippen molar-refractivity contribution in [2.45, 2.75) is 79.7 Å². The van der Waals surface area contributed by atoms with Gasteiger partial charge in [-0.2, -0.15) is 0 Å². The summed E-state index contributed by atoms with van der Waals surface area (Å²) in [5.74, 6) is -2.81. The summed E-state index contributed by atoms with van der Waals surface area (Å²) >= 11 is 1.07. The zero-order valence-electron chi connectivity index (χ0n) is 26.4. The second kappa shape index (κ2) is 14.9. The third kappa shape index (κ3) is 11.4. The van der Waals surface area contributed by atoms with Crippen molar-refractivity contribution >= 4 is 52.1 Å². The van der Waals surface area contributed by atoms with Crippen molar-refractivity contribution in [1.82, 2.24) is 20.9 Å². The van der Waals surface area contributed by atoms with Gasteiger partial charge in [0, 0.05) is 38.2 Å². The molecule has 1 aromatic heterocycles. The molecule has 7 N–H and O–H groups in total. The molecule has 1 unspecified atom stereocenters. The number of nitrogens with two attached hydrogens (primary N) is 1. The van der Waals surface area contributed by atoms with Crippen LogP contribution in [0.15, 0.2) is 24.3 Å². The van der Waals surface area contributed by atoms with Crippen LogP contribution in [0.5, 0.6) is 0 Å². The minimum Gasteiger partial charge on any atom is -0.387 e. The maximum Gasteiger partial charge on any atom is 0.412 e. The first-order valence-electron chi connectivity index (χ1n) is 14.0. The molecule has 5 amide bonds. The molecule has 0 spiro atoms. The molecular weight excluding hydrogens is 590 g/mol. The van der Waals surface area contributed by atoms with Gasteiger partial charge >= 0.3 is 18.1 Å². The van der Waals surface area contributed by atoms with Crippen LogP contribution in [-0.4, -0.2) is 59.4 Å². The fourth-order valence-electron chi connectivity index (χ4n) is 3.77. The van der Waals surface area contributed by atoms with Gasteiger partial charge < -0.3 is 41.8 Å². The quantitative estimate of drug-likeness (QED) is 0.149. The minimum atomic E-state index is -1.95. The molecule has 1 heterocycles. The normalized spacial score (nSPS) is 12.7. The molecule has 2 rings (SSSR count). The topological polar surface area (TPSA) is 203 Å². The summed E-state index contributed by atoms with van der Waals surface area (Å²) in [6.45, 7) is 13.8. The van der Waals surface area contributed by atoms with E-state index in [0.717, 1.165) is 16.9 Å². The number of hydrogen-bond acceptors (Lipinski definition) is 10. The van der Waals surface area contributed by atoms with E-state index in [1.807, 2.05) is 12.1 Å². The molecule has 0 radical (unpaired) electrons. The maximum absolute atomic E-state index is 12.8. The van der Waals surface area contributed by atoms with Crippen LogP contribution in [0.2, 0.25) is 0 Å². The van der Waals surface area contributed by atoms with E-state index in [1.165, 1.54) is 13.8 Å². The number of benzene rings is 1. The van der Waals surface area contributed by atoms with Crippen LogP contribution in [0.3, 0.4) is 0 Å². The van der Waals surface area contributed by atoms with Crippen LogP contribution in [-0.2, 0) is 31.9 Å². The molecule has 0 aliphatic carbocycles. The molecule has 15 heteroatoms. The van der Waals surface area contributed by atoms with Crippen molar-refractivity contribution in [3.63, 3.8) is 0 Å². The van der Waals surface area contributed by atoms with E-state index in [2.05, 4.69) is 31.6 Å². The van der Waals surface area contributed by atoms with Crippen LogP contribution in [0.4, 0.5) is 20.4 Å². The largest absolute Gasteiger partial charge is 0.412 e. The van der Waals surface area contributed by atoms with Crippen molar-refractivity contribution in [1.29, 1.82) is 0 Å². The molecule has 1 atom stereocenters. The van der Waals surface area contributed by atoms with E-state index in [9.17, 15) is 24.0 Å². The summed E-state index contributed by atoms with van der Waals surface area (Å²) in [5, 5.41) is 14.0. The molecule has 44 heavy (non-hydrogen) atoms. The van der Waals surface area contributed by atoms with E-state index in [4.69, 9.17) is 15.2 Å². The summed E-state index contributed by atoms with van der Waals surface area (Å²) < 4.78 is 11.0. The van der Waals surface area contributed by atoms with Gasteiger partial charge in [0.25, 0.3) is 5.91 Å². The number of aromatic nitrogens is 1. The average Bonchev–Trinajstić information content (AvgIpc) is 3.25. The molecule has 1 aromatic carbocycles. The Labute approximate surface area is 261 Å². The third-order valence-corrected chi connectivity index (χ3v) is 6.84. The van der Waals surface area contributed by atoms with Crippen LogP contribution >= 0.6 is 11.3 Å². The van der Waals surface area contributed by atoms with Crippen molar-refractivity contribution in [2.24, 2.45) is 11.1 Å². The number of hydrogen-bond donors (Lipinski definition) is 6. The zero-order chi connectivity index (χ0) is 33.3. The van der Waals surface area contributed by atoms with E-state index >= 15 is 0 Å². The monoisotopic (exact) mass is 633 g/mol. The van der Waals surface area contributed by atoms with Gasteiger partial charge in [-0.1, -0.05) is 44.2 Å². The van der Waals surface area contributed by atoms with E-state index in [0.29, 0.717) is 34.2 Å². The Balaban J connectivity index is 2.23. The summed E-state index contributed by atoms with van der Waals surface area (Å²) in [6.07, 6.45) is -1.05. The Hall–Kier alpha value is -4.40. The van der Waals surface area contributed by atoms with Gasteiger partial charge in [0.2, 0.25) is 11.8 Å². The van der Waals surface area contributed by atoms with Gasteiger partial charge in [0.15, 0.2) is 5.13 Å². The molecule has 0 saturated heterocycles. The van der Waals surface area contributed by atoms with Crippen molar-refractivity contribution in [3.8, 4) is 0 Å². The Morgan fingerprint density at radius 2 is 1.48 bits per heavy atom. The lowest BCUT2D eigenvalue weighted by Crippen LogP contribution is -2.59. The second-order valence-corrected chi connectivity index (χ2v) is 13.1. The number of anilines is 2. The Morgan fingerprint density at radius 1 is 0.864 bits per heavy atom. The predicted octanol–water partition coefficient (Wildman–Crippen LogP) is 3.48. The maximum atomic E-state index is 12.8. The summed E-state index contributed by atoms with van der Waals surface area (Å²) in [5.41, 5.74) is 5.70. The first kappa shape index (κ1) is 35.8. The SMILES string of the molecule is CC(=O)NCCNC(=O)c1sc(NC(C)=O)nc1CCc1ccc(NC(OC(N)=O)(OC(=O)NC(C)(C)C)C(C)(C)C)cc1.